The zero-order chi connectivity index (χ0) is 6.69. The predicted octanol–water partition coefficient (Wildman–Crippen LogP) is 0.781. The lowest BCUT2D eigenvalue weighted by Gasteiger charge is -1.95. The van der Waals surface area contributed by atoms with E-state index < -0.39 is 0 Å². The largest absolute Gasteiger partial charge is 0.336 e. The molecule has 0 aliphatic heterocycles. The Labute approximate surface area is 59.3 Å². The fourth-order valence-corrected chi connectivity index (χ4v) is 0.709. The normalized spacial score (nSPS) is 10.0. The summed E-state index contributed by atoms with van der Waals surface area (Å²) >= 11 is 3.60. The Bertz CT molecular complexity index is 187. The minimum atomic E-state index is 0.451. The van der Waals surface area contributed by atoms with E-state index >= 15 is 0 Å². The van der Waals surface area contributed by atoms with Gasteiger partial charge in [0.2, 0.25) is 0 Å². The Balaban J connectivity index is 2.69. The van der Waals surface area contributed by atoms with Crippen LogP contribution < -0.4 is 0 Å². The molecule has 0 atom stereocenters. The van der Waals surface area contributed by atoms with Gasteiger partial charge in [-0.3, -0.25) is 0 Å². The number of nitrogens with zero attached hydrogens (tertiary/aromatic N) is 2. The molecule has 0 radical (unpaired) electrons. The van der Waals surface area contributed by atoms with Gasteiger partial charge >= 0.3 is 0 Å². The molecule has 4 heteroatoms. The Hall–Kier alpha value is -0.480. The van der Waals surface area contributed by atoms with Crippen LogP contribution >= 0.6 is 12.9 Å². The van der Waals surface area contributed by atoms with Crippen molar-refractivity contribution in [1.82, 2.24) is 9.55 Å². The minimum Gasteiger partial charge on any atom is -0.336 e. The van der Waals surface area contributed by atoms with Crippen LogP contribution in [0.1, 0.15) is 5.82 Å². The summed E-state index contributed by atoms with van der Waals surface area (Å²) in [6.45, 7) is 0.451. The molecule has 0 spiro atoms. The first-order valence-corrected chi connectivity index (χ1v) is 2.93. The van der Waals surface area contributed by atoms with Gasteiger partial charge in [0, 0.05) is 19.4 Å². The number of aryl methyl sites for hydroxylation is 1. The predicted molar refractivity (Wildman–Crippen MR) is 37.0 cm³/mol. The molecule has 0 aromatic carbocycles. The molecule has 0 bridgehead atoms. The molecule has 0 aliphatic rings. The maximum absolute atomic E-state index is 4.58. The van der Waals surface area contributed by atoms with Gasteiger partial charge in [0.25, 0.3) is 0 Å². The fourth-order valence-electron chi connectivity index (χ4n) is 0.593. The molecular formula is C5H8N2OS. The number of thiol groups is 1. The molecule has 1 heterocycles. The molecule has 0 unspecified atom stereocenters. The maximum atomic E-state index is 4.58. The smallest absolute Gasteiger partial charge is 0.135 e. The lowest BCUT2D eigenvalue weighted by Crippen LogP contribution is -1.95. The number of imidazole rings is 1. The summed E-state index contributed by atoms with van der Waals surface area (Å²) in [5, 5.41) is 0. The van der Waals surface area contributed by atoms with E-state index in [1.54, 1.807) is 6.20 Å². The summed E-state index contributed by atoms with van der Waals surface area (Å²) in [6, 6.07) is 0. The third-order valence-corrected chi connectivity index (χ3v) is 1.24. The third-order valence-electron chi connectivity index (χ3n) is 1.11. The monoisotopic (exact) mass is 144 g/mol. The highest BCUT2D eigenvalue weighted by molar-refractivity contribution is 7.75. The molecule has 0 aliphatic carbocycles. The van der Waals surface area contributed by atoms with Gasteiger partial charge in [-0.05, 0) is 12.9 Å². The molecular weight excluding hydrogens is 136 g/mol. The summed E-state index contributed by atoms with van der Waals surface area (Å²) in [5.41, 5.74) is 0. The second-order valence-electron chi connectivity index (χ2n) is 1.73. The van der Waals surface area contributed by atoms with Crippen molar-refractivity contribution in [2.75, 3.05) is 0 Å². The second kappa shape index (κ2) is 2.89. The van der Waals surface area contributed by atoms with Gasteiger partial charge in [-0.2, -0.15) is 0 Å². The number of rotatable bonds is 2. The lowest BCUT2D eigenvalue weighted by molar-refractivity contribution is 0.352. The molecule has 1 aromatic rings. The van der Waals surface area contributed by atoms with Crippen LogP contribution in [-0.2, 0) is 17.8 Å². The lowest BCUT2D eigenvalue weighted by atomic mass is 10.6. The van der Waals surface area contributed by atoms with E-state index in [1.807, 2.05) is 17.8 Å². The Kier molecular flexibility index (Phi) is 2.13. The Morgan fingerprint density at radius 2 is 2.67 bits per heavy atom. The van der Waals surface area contributed by atoms with Crippen LogP contribution in [0.3, 0.4) is 0 Å². The van der Waals surface area contributed by atoms with Crippen molar-refractivity contribution >= 4 is 12.9 Å². The van der Waals surface area contributed by atoms with E-state index in [-0.39, 0.29) is 0 Å². The first-order chi connectivity index (χ1) is 4.34. The van der Waals surface area contributed by atoms with Crippen molar-refractivity contribution in [2.45, 2.75) is 6.61 Å². The van der Waals surface area contributed by atoms with Crippen molar-refractivity contribution in [3.8, 4) is 0 Å². The van der Waals surface area contributed by atoms with Crippen LogP contribution in [0.4, 0.5) is 0 Å². The SMILES string of the molecule is Cn1ccnc1COS. The molecule has 9 heavy (non-hydrogen) atoms. The zero-order valence-electron chi connectivity index (χ0n) is 5.11. The number of hydrogen-bond donors (Lipinski definition) is 1. The Morgan fingerprint density at radius 3 is 3.11 bits per heavy atom. The van der Waals surface area contributed by atoms with Gasteiger partial charge in [-0.15, -0.1) is 0 Å². The fraction of sp³-hybridized carbons (Fsp3) is 0.400. The van der Waals surface area contributed by atoms with E-state index in [0.717, 1.165) is 5.82 Å². The molecule has 0 N–H and O–H groups in total. The molecule has 0 amide bonds. The van der Waals surface area contributed by atoms with Crippen LogP contribution in [0.25, 0.3) is 0 Å². The van der Waals surface area contributed by atoms with Crippen LogP contribution in [-0.4, -0.2) is 9.55 Å². The van der Waals surface area contributed by atoms with Crippen molar-refractivity contribution < 1.29 is 4.18 Å². The van der Waals surface area contributed by atoms with Crippen molar-refractivity contribution in [3.05, 3.63) is 18.2 Å². The molecule has 3 nitrogen and oxygen atoms in total. The molecule has 1 rings (SSSR count). The van der Waals surface area contributed by atoms with Gasteiger partial charge in [-0.1, -0.05) is 0 Å². The van der Waals surface area contributed by atoms with Gasteiger partial charge in [0.15, 0.2) is 0 Å². The molecule has 0 saturated carbocycles. The van der Waals surface area contributed by atoms with Crippen LogP contribution in [0.2, 0.25) is 0 Å². The van der Waals surface area contributed by atoms with Gasteiger partial charge in [-0.25, -0.2) is 4.98 Å². The average molecular weight is 144 g/mol. The summed E-state index contributed by atoms with van der Waals surface area (Å²) < 4.78 is 6.46. The summed E-state index contributed by atoms with van der Waals surface area (Å²) in [4.78, 5) is 3.99. The highest BCUT2D eigenvalue weighted by Gasteiger charge is 1.94. The van der Waals surface area contributed by atoms with Crippen LogP contribution in [0.5, 0.6) is 0 Å². The van der Waals surface area contributed by atoms with E-state index in [1.165, 1.54) is 0 Å². The number of hydrogen-bond acceptors (Lipinski definition) is 3. The van der Waals surface area contributed by atoms with Gasteiger partial charge in [0.05, 0.1) is 0 Å². The summed E-state index contributed by atoms with van der Waals surface area (Å²) in [7, 11) is 1.91. The Morgan fingerprint density at radius 1 is 1.89 bits per heavy atom. The van der Waals surface area contributed by atoms with Crippen LogP contribution in [0, 0.1) is 0 Å². The van der Waals surface area contributed by atoms with Crippen molar-refractivity contribution in [2.24, 2.45) is 7.05 Å². The minimum absolute atomic E-state index is 0.451. The van der Waals surface area contributed by atoms with Crippen molar-refractivity contribution in [1.29, 1.82) is 0 Å². The zero-order valence-corrected chi connectivity index (χ0v) is 6.01. The molecule has 0 fully saturated rings. The van der Waals surface area contributed by atoms with Gasteiger partial charge in [0.1, 0.15) is 12.4 Å². The third kappa shape index (κ3) is 1.46. The summed E-state index contributed by atoms with van der Waals surface area (Å²) in [5.74, 6) is 0.880. The average Bonchev–Trinajstić information content (AvgIpc) is 2.18. The maximum Gasteiger partial charge on any atom is 0.135 e. The molecule has 1 aromatic heterocycles. The number of aromatic nitrogens is 2. The van der Waals surface area contributed by atoms with Crippen molar-refractivity contribution in [3.63, 3.8) is 0 Å². The van der Waals surface area contributed by atoms with E-state index in [4.69, 9.17) is 0 Å². The standard InChI is InChI=1S/C5H8N2OS/c1-7-3-2-6-5(7)4-8-9/h2-3,9H,4H2,1H3. The van der Waals surface area contributed by atoms with E-state index in [9.17, 15) is 0 Å². The highest BCUT2D eigenvalue weighted by Crippen LogP contribution is 1.96. The first-order valence-electron chi connectivity index (χ1n) is 2.57. The van der Waals surface area contributed by atoms with E-state index in [2.05, 4.69) is 22.1 Å². The first kappa shape index (κ1) is 6.64. The van der Waals surface area contributed by atoms with E-state index in [0.29, 0.717) is 6.61 Å². The quantitative estimate of drug-likeness (QED) is 0.490. The molecule has 50 valence electrons. The topological polar surface area (TPSA) is 27.1 Å². The second-order valence-corrected chi connectivity index (χ2v) is 1.99. The molecule has 0 saturated heterocycles. The van der Waals surface area contributed by atoms with Gasteiger partial charge < -0.3 is 8.75 Å². The highest BCUT2D eigenvalue weighted by atomic mass is 32.1. The summed E-state index contributed by atoms with van der Waals surface area (Å²) in [6.07, 6.45) is 3.59. The van der Waals surface area contributed by atoms with Crippen LogP contribution in [0.15, 0.2) is 12.4 Å².